The average Bonchev–Trinajstić information content (AvgIpc) is 3.16. The molecule has 2 N–H and O–H groups in total. The van der Waals surface area contributed by atoms with Crippen LogP contribution >= 0.6 is 23.2 Å². The molecule has 0 saturated carbocycles. The van der Waals surface area contributed by atoms with E-state index in [2.05, 4.69) is 15.6 Å². The van der Waals surface area contributed by atoms with Gasteiger partial charge in [-0.3, -0.25) is 9.59 Å². The zero-order valence-corrected chi connectivity index (χ0v) is 17.9. The third kappa shape index (κ3) is 5.75. The molecule has 9 heteroatoms. The molecule has 2 amide bonds. The quantitative estimate of drug-likeness (QED) is 0.538. The first-order valence-electron chi connectivity index (χ1n) is 9.08. The first-order valence-corrected chi connectivity index (χ1v) is 9.84. The van der Waals surface area contributed by atoms with E-state index in [1.165, 1.54) is 13.8 Å². The van der Waals surface area contributed by atoms with Gasteiger partial charge in [-0.2, -0.15) is 0 Å². The van der Waals surface area contributed by atoms with E-state index in [-0.39, 0.29) is 11.8 Å². The molecule has 0 spiro atoms. The first-order chi connectivity index (χ1) is 14.3. The van der Waals surface area contributed by atoms with E-state index in [1.54, 1.807) is 42.9 Å². The Morgan fingerprint density at radius 2 is 1.80 bits per heavy atom. The molecule has 1 heterocycles. The molecule has 3 aromatic rings. The largest absolute Gasteiger partial charge is 0.484 e. The number of amides is 2. The highest BCUT2D eigenvalue weighted by atomic mass is 35.5. The Kier molecular flexibility index (Phi) is 6.97. The van der Waals surface area contributed by atoms with Crippen molar-refractivity contribution in [2.75, 3.05) is 10.6 Å². The van der Waals surface area contributed by atoms with Crippen LogP contribution in [0.1, 0.15) is 25.5 Å². The predicted molar refractivity (Wildman–Crippen MR) is 117 cm³/mol. The molecular weight excluding hydrogens is 427 g/mol. The molecule has 1 aromatic heterocycles. The van der Waals surface area contributed by atoms with Gasteiger partial charge in [-0.25, -0.2) is 4.98 Å². The molecular formula is C21H20Cl2N4O3. The van der Waals surface area contributed by atoms with Crippen LogP contribution in [0.3, 0.4) is 0 Å². The van der Waals surface area contributed by atoms with Crippen molar-refractivity contribution in [2.45, 2.75) is 26.5 Å². The molecule has 1 atom stereocenters. The first kappa shape index (κ1) is 21.7. The second kappa shape index (κ2) is 9.65. The van der Waals surface area contributed by atoms with Crippen LogP contribution in [0.15, 0.2) is 55.1 Å². The summed E-state index contributed by atoms with van der Waals surface area (Å²) < 4.78 is 8.11. The third-order valence-corrected chi connectivity index (χ3v) is 4.70. The normalized spacial score (nSPS) is 11.6. The summed E-state index contributed by atoms with van der Waals surface area (Å²) in [7, 11) is 0. The Balaban J connectivity index is 1.94. The van der Waals surface area contributed by atoms with Gasteiger partial charge in [0, 0.05) is 47.9 Å². The number of benzene rings is 2. The number of nitrogens with one attached hydrogen (secondary N) is 2. The minimum absolute atomic E-state index is 0.249. The summed E-state index contributed by atoms with van der Waals surface area (Å²) in [5, 5.41) is 6.39. The Hall–Kier alpha value is -3.03. The number of hydrogen-bond acceptors (Lipinski definition) is 4. The van der Waals surface area contributed by atoms with Gasteiger partial charge in [0.25, 0.3) is 0 Å². The number of carbonyl (C=O) groups excluding carboxylic acids is 2. The van der Waals surface area contributed by atoms with E-state index in [0.29, 0.717) is 33.7 Å². The second-order valence-electron chi connectivity index (χ2n) is 6.60. The van der Waals surface area contributed by atoms with Gasteiger partial charge in [-0.1, -0.05) is 29.3 Å². The monoisotopic (exact) mass is 446 g/mol. The fraction of sp³-hybridized carbons (Fsp3) is 0.190. The SMILES string of the molecule is CC(=O)Nc1ccc(OC(Cn2ccnc2)c2ccc(Cl)cc2Cl)cc1NC(C)=O. The number of anilines is 2. The van der Waals surface area contributed by atoms with Gasteiger partial charge >= 0.3 is 0 Å². The van der Waals surface area contributed by atoms with Gasteiger partial charge in [-0.05, 0) is 24.3 Å². The summed E-state index contributed by atoms with van der Waals surface area (Å²) in [4.78, 5) is 27.1. The molecule has 3 rings (SSSR count). The van der Waals surface area contributed by atoms with Crippen LogP contribution in [0, 0.1) is 0 Å². The van der Waals surface area contributed by atoms with Crippen molar-refractivity contribution < 1.29 is 14.3 Å². The zero-order chi connectivity index (χ0) is 21.7. The maximum absolute atomic E-state index is 11.6. The third-order valence-electron chi connectivity index (χ3n) is 4.14. The van der Waals surface area contributed by atoms with Gasteiger partial charge in [0.1, 0.15) is 11.9 Å². The second-order valence-corrected chi connectivity index (χ2v) is 7.45. The number of ether oxygens (including phenoxy) is 1. The van der Waals surface area contributed by atoms with Gasteiger partial charge in [0.15, 0.2) is 0 Å². The van der Waals surface area contributed by atoms with Crippen LogP contribution in [0.2, 0.25) is 10.0 Å². The molecule has 0 aliphatic rings. The Bertz CT molecular complexity index is 1050. The summed E-state index contributed by atoms with van der Waals surface area (Å²) in [5.74, 6) is -0.0281. The van der Waals surface area contributed by atoms with Crippen LogP contribution in [0.4, 0.5) is 11.4 Å². The molecule has 1 unspecified atom stereocenters. The van der Waals surface area contributed by atoms with E-state index in [0.717, 1.165) is 5.56 Å². The predicted octanol–water partition coefficient (Wildman–Crippen LogP) is 4.93. The summed E-state index contributed by atoms with van der Waals surface area (Å²) in [6.45, 7) is 3.23. The van der Waals surface area contributed by atoms with Crippen LogP contribution in [-0.4, -0.2) is 21.4 Å². The minimum Gasteiger partial charge on any atom is -0.484 e. The molecule has 0 radical (unpaired) electrons. The number of imidazole rings is 1. The highest BCUT2D eigenvalue weighted by Gasteiger charge is 2.19. The van der Waals surface area contributed by atoms with Crippen LogP contribution in [-0.2, 0) is 16.1 Å². The number of halogens is 2. The van der Waals surface area contributed by atoms with Crippen LogP contribution in [0.25, 0.3) is 0 Å². The molecule has 0 saturated heterocycles. The molecule has 7 nitrogen and oxygen atoms in total. The van der Waals surface area contributed by atoms with E-state index < -0.39 is 6.10 Å². The highest BCUT2D eigenvalue weighted by Crippen LogP contribution is 2.34. The van der Waals surface area contributed by atoms with Gasteiger partial charge in [0.05, 0.1) is 24.2 Å². The molecule has 0 bridgehead atoms. The topological polar surface area (TPSA) is 85.2 Å². The maximum atomic E-state index is 11.6. The fourth-order valence-electron chi connectivity index (χ4n) is 2.90. The van der Waals surface area contributed by atoms with Crippen molar-refractivity contribution in [3.05, 3.63) is 70.7 Å². The van der Waals surface area contributed by atoms with Gasteiger partial charge in [0.2, 0.25) is 11.8 Å². The van der Waals surface area contributed by atoms with E-state index in [1.807, 2.05) is 16.8 Å². The molecule has 156 valence electrons. The maximum Gasteiger partial charge on any atom is 0.221 e. The minimum atomic E-state index is -0.458. The molecule has 30 heavy (non-hydrogen) atoms. The number of rotatable bonds is 7. The van der Waals surface area contributed by atoms with Crippen molar-refractivity contribution in [1.29, 1.82) is 0 Å². The lowest BCUT2D eigenvalue weighted by Crippen LogP contribution is -2.16. The highest BCUT2D eigenvalue weighted by molar-refractivity contribution is 6.35. The zero-order valence-electron chi connectivity index (χ0n) is 16.4. The molecule has 0 fully saturated rings. The van der Waals surface area contributed by atoms with Crippen LogP contribution in [0.5, 0.6) is 5.75 Å². The lowest BCUT2D eigenvalue weighted by atomic mass is 10.1. The lowest BCUT2D eigenvalue weighted by Gasteiger charge is -2.22. The van der Waals surface area contributed by atoms with E-state index in [9.17, 15) is 9.59 Å². The molecule has 2 aromatic carbocycles. The summed E-state index contributed by atoms with van der Waals surface area (Å²) in [6.07, 6.45) is 4.73. The smallest absolute Gasteiger partial charge is 0.221 e. The Morgan fingerprint density at radius 3 is 2.43 bits per heavy atom. The summed E-state index contributed by atoms with van der Waals surface area (Å²) in [6, 6.07) is 10.2. The van der Waals surface area contributed by atoms with E-state index >= 15 is 0 Å². The number of carbonyl (C=O) groups is 2. The average molecular weight is 447 g/mol. The van der Waals surface area contributed by atoms with Gasteiger partial charge < -0.3 is 19.9 Å². The molecule has 0 aliphatic carbocycles. The Morgan fingerprint density at radius 1 is 1.07 bits per heavy atom. The Labute approximate surface area is 184 Å². The van der Waals surface area contributed by atoms with Crippen molar-refractivity contribution in [3.63, 3.8) is 0 Å². The summed E-state index contributed by atoms with van der Waals surface area (Å²) >= 11 is 12.5. The number of hydrogen-bond donors (Lipinski definition) is 2. The lowest BCUT2D eigenvalue weighted by molar-refractivity contribution is -0.115. The van der Waals surface area contributed by atoms with Crippen molar-refractivity contribution in [1.82, 2.24) is 9.55 Å². The van der Waals surface area contributed by atoms with Crippen molar-refractivity contribution in [3.8, 4) is 5.75 Å². The van der Waals surface area contributed by atoms with E-state index in [4.69, 9.17) is 27.9 Å². The van der Waals surface area contributed by atoms with Gasteiger partial charge in [-0.15, -0.1) is 0 Å². The number of aromatic nitrogens is 2. The molecule has 0 aliphatic heterocycles. The summed E-state index contributed by atoms with van der Waals surface area (Å²) in [5.41, 5.74) is 1.65. The fourth-order valence-corrected chi connectivity index (χ4v) is 3.43. The van der Waals surface area contributed by atoms with Crippen molar-refractivity contribution >= 4 is 46.4 Å². The van der Waals surface area contributed by atoms with Crippen molar-refractivity contribution in [2.24, 2.45) is 0 Å². The van der Waals surface area contributed by atoms with Crippen LogP contribution < -0.4 is 15.4 Å². The number of nitrogens with zero attached hydrogens (tertiary/aromatic N) is 2. The standard InChI is InChI=1S/C21H20Cl2N4O3/c1-13(28)25-19-6-4-16(10-20(19)26-14(2)29)30-21(11-27-8-7-24-12-27)17-5-3-15(22)9-18(17)23/h3-10,12,21H,11H2,1-2H3,(H,25,28)(H,26,29).